The van der Waals surface area contributed by atoms with Gasteiger partial charge in [0, 0.05) is 49.2 Å². The Labute approximate surface area is 194 Å². The molecule has 1 amide bonds. The monoisotopic (exact) mass is 465 g/mol. The van der Waals surface area contributed by atoms with Crippen LogP contribution < -0.4 is 10.2 Å². The van der Waals surface area contributed by atoms with Gasteiger partial charge in [-0.3, -0.25) is 9.78 Å². The summed E-state index contributed by atoms with van der Waals surface area (Å²) in [5.41, 5.74) is 3.96. The van der Waals surface area contributed by atoms with E-state index in [1.54, 1.807) is 29.9 Å². The number of benzene rings is 2. The third-order valence-electron chi connectivity index (χ3n) is 5.59. The molecule has 3 heterocycles. The van der Waals surface area contributed by atoms with Gasteiger partial charge in [0.25, 0.3) is 5.91 Å². The number of halogens is 2. The molecule has 5 rings (SSSR count). The second-order valence-electron chi connectivity index (χ2n) is 7.74. The van der Waals surface area contributed by atoms with Crippen molar-refractivity contribution in [2.75, 3.05) is 31.2 Å². The molecule has 0 saturated carbocycles. The van der Waals surface area contributed by atoms with Gasteiger partial charge in [0.1, 0.15) is 5.82 Å². The first-order valence-electron chi connectivity index (χ1n) is 10.5. The highest BCUT2D eigenvalue weighted by Gasteiger charge is 2.18. The molecule has 33 heavy (non-hydrogen) atoms. The van der Waals surface area contributed by atoms with Crippen LogP contribution in [0.2, 0.25) is 5.02 Å². The van der Waals surface area contributed by atoms with Gasteiger partial charge in [0.05, 0.1) is 35.1 Å². The van der Waals surface area contributed by atoms with Crippen LogP contribution >= 0.6 is 11.6 Å². The Morgan fingerprint density at radius 2 is 2.03 bits per heavy atom. The number of nitrogens with zero attached hydrogens (tertiary/aromatic N) is 4. The molecule has 1 aliphatic heterocycles. The maximum atomic E-state index is 13.9. The first-order valence-corrected chi connectivity index (χ1v) is 10.9. The van der Waals surface area contributed by atoms with Crippen LogP contribution in [-0.2, 0) is 11.8 Å². The van der Waals surface area contributed by atoms with Crippen molar-refractivity contribution in [3.8, 4) is 11.3 Å². The number of hydrogen-bond acceptors (Lipinski definition) is 5. The van der Waals surface area contributed by atoms with E-state index in [1.807, 2.05) is 35.4 Å². The number of fused-ring (bicyclic) bond motifs is 4. The van der Waals surface area contributed by atoms with Gasteiger partial charge in [0.15, 0.2) is 5.82 Å². The second kappa shape index (κ2) is 8.80. The Kier molecular flexibility index (Phi) is 5.70. The molecule has 1 aliphatic rings. The van der Waals surface area contributed by atoms with Gasteiger partial charge in [0.2, 0.25) is 0 Å². The molecular formula is C24H21ClFN5O2. The van der Waals surface area contributed by atoms with Gasteiger partial charge >= 0.3 is 0 Å². The Balaban J connectivity index is 1.69. The molecule has 9 heteroatoms. The van der Waals surface area contributed by atoms with Gasteiger partial charge in [-0.1, -0.05) is 17.7 Å². The minimum Gasteiger partial charge on any atom is -0.378 e. The van der Waals surface area contributed by atoms with Gasteiger partial charge in [-0.15, -0.1) is 0 Å². The third kappa shape index (κ3) is 4.15. The van der Waals surface area contributed by atoms with E-state index in [-0.39, 0.29) is 10.9 Å². The number of anilines is 2. The Bertz CT molecular complexity index is 1360. The van der Waals surface area contributed by atoms with Crippen molar-refractivity contribution in [3.63, 3.8) is 0 Å². The first kappa shape index (κ1) is 21.4. The van der Waals surface area contributed by atoms with E-state index in [9.17, 15) is 9.18 Å². The lowest BCUT2D eigenvalue weighted by Crippen LogP contribution is -2.30. The van der Waals surface area contributed by atoms with Crippen LogP contribution in [0, 0.1) is 5.82 Å². The summed E-state index contributed by atoms with van der Waals surface area (Å²) in [5.74, 6) is -0.402. The van der Waals surface area contributed by atoms with Crippen LogP contribution in [0.15, 0.2) is 54.9 Å². The van der Waals surface area contributed by atoms with Crippen molar-refractivity contribution in [3.05, 3.63) is 71.5 Å². The number of pyridine rings is 1. The average Bonchev–Trinajstić information content (AvgIpc) is 3.21. The Morgan fingerprint density at radius 3 is 2.88 bits per heavy atom. The highest BCUT2D eigenvalue weighted by atomic mass is 35.5. The third-order valence-corrected chi connectivity index (χ3v) is 5.88. The standard InChI is InChI=1S/C24H21ClFN5O2/c1-30-14-21-15-2-5-20-17(12-15)22(6-7-27-20)31(16-3-4-19(26)18(25)13-16)9-11-33-10-8-28-24(32)23(30)29-21/h2-7,12-14H,8-11H2,1H3,(H,28,32). The van der Waals surface area contributed by atoms with E-state index in [0.29, 0.717) is 37.8 Å². The number of imidazole rings is 1. The summed E-state index contributed by atoms with van der Waals surface area (Å²) in [6, 6.07) is 12.4. The maximum Gasteiger partial charge on any atom is 0.287 e. The van der Waals surface area contributed by atoms with Crippen molar-refractivity contribution < 1.29 is 13.9 Å². The van der Waals surface area contributed by atoms with Crippen molar-refractivity contribution in [1.29, 1.82) is 0 Å². The molecule has 0 saturated heterocycles. The van der Waals surface area contributed by atoms with E-state index in [2.05, 4.69) is 15.3 Å². The van der Waals surface area contributed by atoms with E-state index < -0.39 is 5.82 Å². The molecule has 2 aromatic heterocycles. The number of ether oxygens (including phenoxy) is 1. The van der Waals surface area contributed by atoms with Gasteiger partial charge in [-0.05, 0) is 36.4 Å². The fourth-order valence-corrected chi connectivity index (χ4v) is 4.13. The summed E-state index contributed by atoms with van der Waals surface area (Å²) in [6.07, 6.45) is 3.57. The van der Waals surface area contributed by atoms with Crippen molar-refractivity contribution >= 4 is 39.8 Å². The molecule has 0 radical (unpaired) electrons. The molecule has 4 bridgehead atoms. The molecule has 0 aliphatic carbocycles. The lowest BCUT2D eigenvalue weighted by molar-refractivity contribution is 0.0907. The molecule has 0 fully saturated rings. The zero-order valence-corrected chi connectivity index (χ0v) is 18.6. The predicted octanol–water partition coefficient (Wildman–Crippen LogP) is 4.33. The molecule has 7 nitrogen and oxygen atoms in total. The van der Waals surface area contributed by atoms with E-state index >= 15 is 0 Å². The number of amides is 1. The molecular weight excluding hydrogens is 445 g/mol. The number of carbonyl (C=O) groups excluding carboxylic acids is 1. The summed E-state index contributed by atoms with van der Waals surface area (Å²) in [5, 5.41) is 3.78. The lowest BCUT2D eigenvalue weighted by atomic mass is 10.1. The second-order valence-corrected chi connectivity index (χ2v) is 8.15. The summed E-state index contributed by atoms with van der Waals surface area (Å²) >= 11 is 6.10. The zero-order valence-electron chi connectivity index (χ0n) is 17.9. The first-order chi connectivity index (χ1) is 16.0. The quantitative estimate of drug-likeness (QED) is 0.453. The van der Waals surface area contributed by atoms with Crippen LogP contribution in [0.25, 0.3) is 22.2 Å². The number of carbonyl (C=O) groups is 1. The van der Waals surface area contributed by atoms with Crippen LogP contribution in [0.4, 0.5) is 15.8 Å². The van der Waals surface area contributed by atoms with Gasteiger partial charge in [-0.2, -0.15) is 0 Å². The normalized spacial score (nSPS) is 14.8. The number of aryl methyl sites for hydroxylation is 1. The highest BCUT2D eigenvalue weighted by molar-refractivity contribution is 6.31. The van der Waals surface area contributed by atoms with E-state index in [0.717, 1.165) is 27.8 Å². The van der Waals surface area contributed by atoms with Crippen LogP contribution in [-0.4, -0.2) is 46.7 Å². The smallest absolute Gasteiger partial charge is 0.287 e. The molecule has 0 unspecified atom stereocenters. The lowest BCUT2D eigenvalue weighted by Gasteiger charge is -2.26. The minimum atomic E-state index is -0.474. The summed E-state index contributed by atoms with van der Waals surface area (Å²) in [6.45, 7) is 1.59. The van der Waals surface area contributed by atoms with E-state index in [4.69, 9.17) is 16.3 Å². The van der Waals surface area contributed by atoms with Gasteiger partial charge < -0.3 is 19.5 Å². The average molecular weight is 466 g/mol. The van der Waals surface area contributed by atoms with Crippen molar-refractivity contribution in [1.82, 2.24) is 19.9 Å². The van der Waals surface area contributed by atoms with Crippen LogP contribution in [0.5, 0.6) is 0 Å². The largest absolute Gasteiger partial charge is 0.378 e. The fraction of sp³-hybridized carbons (Fsp3) is 0.208. The number of nitrogens with one attached hydrogen (secondary N) is 1. The number of hydrogen-bond donors (Lipinski definition) is 1. The predicted molar refractivity (Wildman–Crippen MR) is 126 cm³/mol. The summed E-state index contributed by atoms with van der Waals surface area (Å²) in [4.78, 5) is 23.6. The topological polar surface area (TPSA) is 72.3 Å². The molecule has 168 valence electrons. The summed E-state index contributed by atoms with van der Waals surface area (Å²) < 4.78 is 21.3. The van der Waals surface area contributed by atoms with Crippen LogP contribution in [0.1, 0.15) is 10.6 Å². The highest BCUT2D eigenvalue weighted by Crippen LogP contribution is 2.35. The molecule has 1 N–H and O–H groups in total. The minimum absolute atomic E-state index is 0.0482. The van der Waals surface area contributed by atoms with Crippen molar-refractivity contribution in [2.24, 2.45) is 7.05 Å². The molecule has 0 spiro atoms. The van der Waals surface area contributed by atoms with E-state index in [1.165, 1.54) is 6.07 Å². The SMILES string of the molecule is Cn1cc2nc1C(=O)NCCOCCN(c1ccc(F)c(Cl)c1)c1ccnc3ccc-2cc13. The Morgan fingerprint density at radius 1 is 1.15 bits per heavy atom. The number of aromatic nitrogens is 3. The van der Waals surface area contributed by atoms with Gasteiger partial charge in [-0.25, -0.2) is 9.37 Å². The maximum absolute atomic E-state index is 13.9. The molecule has 4 aromatic rings. The molecule has 0 atom stereocenters. The van der Waals surface area contributed by atoms with Crippen molar-refractivity contribution in [2.45, 2.75) is 0 Å². The fourth-order valence-electron chi connectivity index (χ4n) is 3.96. The zero-order chi connectivity index (χ0) is 22.9. The molecule has 2 aromatic carbocycles. The summed E-state index contributed by atoms with van der Waals surface area (Å²) in [7, 11) is 1.79. The number of rotatable bonds is 1. The Hall–Kier alpha value is -3.49. The van der Waals surface area contributed by atoms with Crippen LogP contribution in [0.3, 0.4) is 0 Å².